The van der Waals surface area contributed by atoms with Gasteiger partial charge >= 0.3 is 5.97 Å². The van der Waals surface area contributed by atoms with Crippen molar-refractivity contribution in [1.82, 2.24) is 0 Å². The molecule has 4 rings (SSSR count). The summed E-state index contributed by atoms with van der Waals surface area (Å²) in [5.74, 6) is -0.129. The molecule has 2 aromatic carbocycles. The van der Waals surface area contributed by atoms with Gasteiger partial charge in [-0.25, -0.2) is 0 Å². The topological polar surface area (TPSA) is 84.5 Å². The molecule has 6 heteroatoms. The van der Waals surface area contributed by atoms with Crippen molar-refractivity contribution >= 4 is 29.2 Å². The molecule has 6 nitrogen and oxygen atoms in total. The van der Waals surface area contributed by atoms with Crippen LogP contribution in [-0.2, 0) is 32.0 Å². The molecule has 2 atom stereocenters. The van der Waals surface area contributed by atoms with Gasteiger partial charge in [0.05, 0.1) is 18.4 Å². The Morgan fingerprint density at radius 2 is 1.79 bits per heavy atom. The van der Waals surface area contributed by atoms with Crippen molar-refractivity contribution in [1.29, 1.82) is 0 Å². The van der Waals surface area contributed by atoms with E-state index in [9.17, 15) is 14.4 Å². The van der Waals surface area contributed by atoms with Crippen LogP contribution in [0.25, 0.3) is 0 Å². The number of anilines is 2. The molecule has 178 valence electrons. The second kappa shape index (κ2) is 9.09. The number of carbonyl (C=O) groups excluding carboxylic acids is 3. The van der Waals surface area contributed by atoms with Crippen LogP contribution in [0.15, 0.2) is 60.7 Å². The summed E-state index contributed by atoms with van der Waals surface area (Å²) in [5, 5.41) is 5.82. The number of hydrogen-bond acceptors (Lipinski definition) is 4. The highest BCUT2D eigenvalue weighted by atomic mass is 16.5. The van der Waals surface area contributed by atoms with E-state index in [1.54, 1.807) is 0 Å². The lowest BCUT2D eigenvalue weighted by atomic mass is 9.75. The minimum atomic E-state index is -0.496. The van der Waals surface area contributed by atoms with Crippen LogP contribution in [0.3, 0.4) is 0 Å². The molecule has 1 heterocycles. The number of allylic oxidation sites excluding steroid dienone is 1. The summed E-state index contributed by atoms with van der Waals surface area (Å²) in [6.07, 6.45) is 2.35. The van der Waals surface area contributed by atoms with Crippen molar-refractivity contribution in [2.75, 3.05) is 17.2 Å². The third-order valence-electron chi connectivity index (χ3n) is 6.69. The lowest BCUT2D eigenvalue weighted by Gasteiger charge is -2.24. The monoisotopic (exact) mass is 460 g/mol. The summed E-state index contributed by atoms with van der Waals surface area (Å²) in [7, 11) is 0. The molecule has 0 bridgehead atoms. The fourth-order valence-corrected chi connectivity index (χ4v) is 4.80. The van der Waals surface area contributed by atoms with Gasteiger partial charge in [0.25, 0.3) is 0 Å². The van der Waals surface area contributed by atoms with E-state index >= 15 is 0 Å². The lowest BCUT2D eigenvalue weighted by Crippen LogP contribution is -2.31. The number of nitrogens with one attached hydrogen (secondary N) is 2. The number of benzene rings is 2. The van der Waals surface area contributed by atoms with Gasteiger partial charge in [0.1, 0.15) is 0 Å². The van der Waals surface area contributed by atoms with Crippen LogP contribution in [0.4, 0.5) is 11.4 Å². The number of carbonyl (C=O) groups is 3. The zero-order chi connectivity index (χ0) is 24.5. The van der Waals surface area contributed by atoms with Crippen molar-refractivity contribution < 1.29 is 19.1 Å². The molecular formula is C28H32N2O4. The van der Waals surface area contributed by atoms with Crippen LogP contribution in [0.5, 0.6) is 0 Å². The number of rotatable bonds is 6. The third-order valence-corrected chi connectivity index (χ3v) is 6.69. The molecule has 2 unspecified atom stereocenters. The summed E-state index contributed by atoms with van der Waals surface area (Å²) in [6, 6.07) is 15.0. The van der Waals surface area contributed by atoms with Crippen molar-refractivity contribution in [3.05, 3.63) is 71.8 Å². The zero-order valence-electron chi connectivity index (χ0n) is 20.1. The van der Waals surface area contributed by atoms with Crippen LogP contribution >= 0.6 is 0 Å². The predicted octanol–water partition coefficient (Wildman–Crippen LogP) is 4.90. The Labute approximate surface area is 200 Å². The average molecular weight is 461 g/mol. The number of esters is 1. The number of amides is 2. The van der Waals surface area contributed by atoms with Crippen LogP contribution in [0, 0.1) is 16.7 Å². The largest absolute Gasteiger partial charge is 0.465 e. The Hall–Kier alpha value is -3.41. The molecule has 1 aliphatic carbocycles. The summed E-state index contributed by atoms with van der Waals surface area (Å²) in [4.78, 5) is 37.3. The first-order valence-electron chi connectivity index (χ1n) is 11.7. The van der Waals surface area contributed by atoms with Crippen LogP contribution in [-0.4, -0.2) is 24.4 Å². The molecular weight excluding hydrogens is 428 g/mol. The van der Waals surface area contributed by atoms with E-state index in [1.807, 2.05) is 69.3 Å². The molecule has 0 radical (unpaired) electrons. The molecule has 0 spiro atoms. The molecule has 2 N–H and O–H groups in total. The third kappa shape index (κ3) is 5.06. The van der Waals surface area contributed by atoms with E-state index in [2.05, 4.69) is 17.2 Å². The SMILES string of the molecule is C=C1CC2COC(=O)C2(Cc2ccc(NC(=O)Cc3cccc(NC(=O)C(C)(C)C)c3)cc2)C1. The molecule has 2 aromatic rings. The van der Waals surface area contributed by atoms with Gasteiger partial charge in [0, 0.05) is 22.7 Å². The Bertz CT molecular complexity index is 1130. The Kier molecular flexibility index (Phi) is 6.34. The fourth-order valence-electron chi connectivity index (χ4n) is 4.80. The van der Waals surface area contributed by atoms with Gasteiger partial charge in [-0.1, -0.05) is 57.2 Å². The van der Waals surface area contributed by atoms with Crippen molar-refractivity contribution in [2.24, 2.45) is 16.7 Å². The number of cyclic esters (lactones) is 1. The van der Waals surface area contributed by atoms with Gasteiger partial charge in [-0.3, -0.25) is 14.4 Å². The van der Waals surface area contributed by atoms with Gasteiger partial charge < -0.3 is 15.4 Å². The molecule has 1 saturated heterocycles. The first-order chi connectivity index (χ1) is 16.0. The van der Waals surface area contributed by atoms with E-state index in [1.165, 1.54) is 0 Å². The molecule has 2 aliphatic rings. The second-order valence-electron chi connectivity index (χ2n) is 10.6. The summed E-state index contributed by atoms with van der Waals surface area (Å²) in [6.45, 7) is 10.1. The maximum absolute atomic E-state index is 12.6. The van der Waals surface area contributed by atoms with Gasteiger partial charge in [-0.05, 0) is 54.7 Å². The zero-order valence-corrected chi connectivity index (χ0v) is 20.1. The van der Waals surface area contributed by atoms with Crippen molar-refractivity contribution in [2.45, 2.75) is 46.5 Å². The number of fused-ring (bicyclic) bond motifs is 1. The standard InChI is InChI=1S/C28H32N2O4/c1-18-12-21-17-34-26(33)28(21,15-18)16-19-8-10-22(11-9-19)29-24(31)14-20-6-5-7-23(13-20)30-25(32)27(2,3)4/h5-11,13,21H,1,12,14-17H2,2-4H3,(H,29,31)(H,30,32). The smallest absolute Gasteiger partial charge is 0.313 e. The minimum absolute atomic E-state index is 0.0761. The molecule has 1 aliphatic heterocycles. The predicted molar refractivity (Wildman–Crippen MR) is 132 cm³/mol. The Morgan fingerprint density at radius 3 is 2.50 bits per heavy atom. The second-order valence-corrected chi connectivity index (χ2v) is 10.6. The van der Waals surface area contributed by atoms with Crippen LogP contribution in [0.2, 0.25) is 0 Å². The lowest BCUT2D eigenvalue weighted by molar-refractivity contribution is -0.146. The van der Waals surface area contributed by atoms with E-state index in [0.717, 1.165) is 23.1 Å². The van der Waals surface area contributed by atoms with E-state index in [4.69, 9.17) is 4.74 Å². The van der Waals surface area contributed by atoms with Gasteiger partial charge in [0.15, 0.2) is 0 Å². The fraction of sp³-hybridized carbons (Fsp3) is 0.393. The molecule has 34 heavy (non-hydrogen) atoms. The average Bonchev–Trinajstić information content (AvgIpc) is 3.22. The highest BCUT2D eigenvalue weighted by Crippen LogP contribution is 2.52. The minimum Gasteiger partial charge on any atom is -0.465 e. The van der Waals surface area contributed by atoms with E-state index < -0.39 is 10.8 Å². The highest BCUT2D eigenvalue weighted by molar-refractivity contribution is 5.95. The Balaban J connectivity index is 1.36. The first-order valence-corrected chi connectivity index (χ1v) is 11.7. The van der Waals surface area contributed by atoms with E-state index in [-0.39, 0.29) is 30.1 Å². The molecule has 2 fully saturated rings. The van der Waals surface area contributed by atoms with Crippen molar-refractivity contribution in [3.63, 3.8) is 0 Å². The highest BCUT2D eigenvalue weighted by Gasteiger charge is 2.55. The van der Waals surface area contributed by atoms with Crippen molar-refractivity contribution in [3.8, 4) is 0 Å². The number of ether oxygens (including phenoxy) is 1. The summed E-state index contributed by atoms with van der Waals surface area (Å²) in [5.41, 5.74) is 3.36. The quantitative estimate of drug-likeness (QED) is 0.474. The Morgan fingerprint density at radius 1 is 1.06 bits per heavy atom. The maximum atomic E-state index is 12.6. The van der Waals surface area contributed by atoms with E-state index in [0.29, 0.717) is 30.8 Å². The maximum Gasteiger partial charge on any atom is 0.313 e. The molecule has 2 amide bonds. The summed E-state index contributed by atoms with van der Waals surface area (Å²) >= 11 is 0. The van der Waals surface area contributed by atoms with Gasteiger partial charge in [-0.2, -0.15) is 0 Å². The van der Waals surface area contributed by atoms with Gasteiger partial charge in [0.2, 0.25) is 11.8 Å². The van der Waals surface area contributed by atoms with Gasteiger partial charge in [-0.15, -0.1) is 0 Å². The molecule has 0 aromatic heterocycles. The first kappa shape index (κ1) is 23.7. The number of hydrogen-bond donors (Lipinski definition) is 2. The van der Waals surface area contributed by atoms with Crippen LogP contribution in [0.1, 0.15) is 44.7 Å². The molecule has 1 saturated carbocycles. The van der Waals surface area contributed by atoms with Crippen LogP contribution < -0.4 is 10.6 Å². The summed E-state index contributed by atoms with van der Waals surface area (Å²) < 4.78 is 5.36. The normalized spacial score (nSPS) is 21.7.